The minimum Gasteiger partial charge on any atom is -0.374 e. The first-order chi connectivity index (χ1) is 5.47. The molecule has 1 rings (SSSR count). The Bertz CT molecular complexity index is 150. The molecule has 0 aromatic carbocycles. The van der Waals surface area contributed by atoms with E-state index in [0.717, 1.165) is 19.8 Å². The van der Waals surface area contributed by atoms with E-state index in [-0.39, 0.29) is 6.42 Å². The van der Waals surface area contributed by atoms with Gasteiger partial charge >= 0.3 is 0 Å². The van der Waals surface area contributed by atoms with Gasteiger partial charge in [-0.05, 0) is 19.8 Å². The number of ether oxygens (including phenoxy) is 1. The fourth-order valence-electron chi connectivity index (χ4n) is 1.61. The quantitative estimate of drug-likeness (QED) is 0.692. The molecule has 1 aliphatic rings. The molecule has 4 heteroatoms. The predicted molar refractivity (Wildman–Crippen MR) is 46.9 cm³/mol. The van der Waals surface area contributed by atoms with E-state index in [2.05, 4.69) is 15.9 Å². The average Bonchev–Trinajstić information content (AvgIpc) is 2.34. The highest BCUT2D eigenvalue weighted by atomic mass is 79.9. The van der Waals surface area contributed by atoms with Crippen molar-refractivity contribution >= 4 is 15.9 Å². The first-order valence-corrected chi connectivity index (χ1v) is 5.17. The fourth-order valence-corrected chi connectivity index (χ4v) is 2.25. The molecule has 0 aliphatic carbocycles. The van der Waals surface area contributed by atoms with Gasteiger partial charge in [0.1, 0.15) is 0 Å². The molecule has 12 heavy (non-hydrogen) atoms. The minimum absolute atomic E-state index is 0.175. The Morgan fingerprint density at radius 3 is 2.58 bits per heavy atom. The molecule has 0 amide bonds. The number of rotatable bonds is 3. The monoisotopic (exact) mass is 242 g/mol. The van der Waals surface area contributed by atoms with Crippen LogP contribution in [-0.2, 0) is 4.74 Å². The van der Waals surface area contributed by atoms with Gasteiger partial charge in [-0.25, -0.2) is 8.78 Å². The van der Waals surface area contributed by atoms with Crippen LogP contribution in [0.3, 0.4) is 0 Å². The molecule has 0 N–H and O–H groups in total. The van der Waals surface area contributed by atoms with Crippen molar-refractivity contribution in [3.05, 3.63) is 0 Å². The smallest absolute Gasteiger partial charge is 0.248 e. The van der Waals surface area contributed by atoms with Crippen molar-refractivity contribution in [1.29, 1.82) is 0 Å². The molecular weight excluding hydrogens is 230 g/mol. The largest absolute Gasteiger partial charge is 0.374 e. The zero-order valence-electron chi connectivity index (χ0n) is 7.08. The van der Waals surface area contributed by atoms with E-state index in [1.54, 1.807) is 0 Å². The highest BCUT2D eigenvalue weighted by Crippen LogP contribution is 2.37. The Labute approximate surface area is 79.6 Å². The van der Waals surface area contributed by atoms with Gasteiger partial charge in [-0.3, -0.25) is 0 Å². The summed E-state index contributed by atoms with van der Waals surface area (Å²) in [4.78, 5) is 0. The summed E-state index contributed by atoms with van der Waals surface area (Å²) in [5, 5.41) is 0.503. The second-order valence-corrected chi connectivity index (χ2v) is 4.08. The van der Waals surface area contributed by atoms with Crippen LogP contribution < -0.4 is 0 Å². The van der Waals surface area contributed by atoms with Crippen LogP contribution in [0.4, 0.5) is 8.78 Å². The molecule has 0 spiro atoms. The van der Waals surface area contributed by atoms with E-state index in [9.17, 15) is 8.78 Å². The first kappa shape index (κ1) is 10.4. The fraction of sp³-hybridized carbons (Fsp3) is 1.00. The van der Waals surface area contributed by atoms with Crippen molar-refractivity contribution in [3.8, 4) is 0 Å². The number of alkyl halides is 3. The van der Waals surface area contributed by atoms with Crippen LogP contribution in [0.1, 0.15) is 26.2 Å². The van der Waals surface area contributed by atoms with Crippen LogP contribution in [-0.4, -0.2) is 23.5 Å². The maximum absolute atomic E-state index is 12.7. The Morgan fingerprint density at radius 1 is 1.58 bits per heavy atom. The second-order valence-electron chi connectivity index (χ2n) is 3.52. The van der Waals surface area contributed by atoms with Crippen LogP contribution in [0.2, 0.25) is 0 Å². The van der Waals surface area contributed by atoms with Gasteiger partial charge in [-0.2, -0.15) is 0 Å². The lowest BCUT2D eigenvalue weighted by molar-refractivity contribution is -0.0763. The van der Waals surface area contributed by atoms with E-state index in [0.29, 0.717) is 11.9 Å². The van der Waals surface area contributed by atoms with Crippen molar-refractivity contribution in [2.24, 2.45) is 0 Å². The van der Waals surface area contributed by atoms with Gasteiger partial charge in [0.15, 0.2) is 0 Å². The molecule has 1 heterocycles. The molecule has 1 nitrogen and oxygen atoms in total. The molecule has 0 bridgehead atoms. The Morgan fingerprint density at radius 2 is 2.25 bits per heavy atom. The van der Waals surface area contributed by atoms with E-state index in [4.69, 9.17) is 4.74 Å². The van der Waals surface area contributed by atoms with E-state index >= 15 is 0 Å². The van der Waals surface area contributed by atoms with Crippen molar-refractivity contribution in [2.75, 3.05) is 11.9 Å². The van der Waals surface area contributed by atoms with Crippen molar-refractivity contribution < 1.29 is 13.5 Å². The number of hydrogen-bond donors (Lipinski definition) is 0. The molecule has 0 aromatic rings. The second kappa shape index (κ2) is 3.58. The van der Waals surface area contributed by atoms with Crippen molar-refractivity contribution in [2.45, 2.75) is 37.7 Å². The van der Waals surface area contributed by atoms with Crippen LogP contribution in [0.5, 0.6) is 0 Å². The first-order valence-electron chi connectivity index (χ1n) is 4.05. The van der Waals surface area contributed by atoms with Crippen LogP contribution in [0.25, 0.3) is 0 Å². The highest BCUT2D eigenvalue weighted by molar-refractivity contribution is 9.09. The van der Waals surface area contributed by atoms with Crippen molar-refractivity contribution in [1.82, 2.24) is 0 Å². The maximum Gasteiger partial charge on any atom is 0.248 e. The van der Waals surface area contributed by atoms with Crippen LogP contribution in [0, 0.1) is 0 Å². The standard InChI is InChI=1S/C8H13BrF2O/c1-7(10,11)5-8(6-9)3-2-4-12-8/h2-6H2,1H3. The third-order valence-electron chi connectivity index (χ3n) is 2.06. The molecule has 1 saturated heterocycles. The summed E-state index contributed by atoms with van der Waals surface area (Å²) in [6, 6.07) is 0. The molecule has 1 aliphatic heterocycles. The molecule has 72 valence electrons. The van der Waals surface area contributed by atoms with Gasteiger partial charge in [0.2, 0.25) is 5.92 Å². The average molecular weight is 243 g/mol. The van der Waals surface area contributed by atoms with Crippen molar-refractivity contribution in [3.63, 3.8) is 0 Å². The molecule has 1 unspecified atom stereocenters. The zero-order valence-corrected chi connectivity index (χ0v) is 8.66. The zero-order chi connectivity index (χ0) is 9.24. The van der Waals surface area contributed by atoms with Gasteiger partial charge in [-0.1, -0.05) is 15.9 Å². The molecule has 1 fully saturated rings. The maximum atomic E-state index is 12.7. The molecule has 0 radical (unpaired) electrons. The predicted octanol–water partition coefficient (Wildman–Crippen LogP) is 2.98. The Kier molecular flexibility index (Phi) is 3.10. The van der Waals surface area contributed by atoms with Crippen LogP contribution in [0.15, 0.2) is 0 Å². The SMILES string of the molecule is CC(F)(F)CC1(CBr)CCCO1. The van der Waals surface area contributed by atoms with Gasteiger partial charge in [0, 0.05) is 18.4 Å². The van der Waals surface area contributed by atoms with Gasteiger partial charge in [0.25, 0.3) is 0 Å². The van der Waals surface area contributed by atoms with Gasteiger partial charge in [-0.15, -0.1) is 0 Å². The summed E-state index contributed by atoms with van der Waals surface area (Å²) in [5.41, 5.74) is -0.613. The Hall–Kier alpha value is 0.300. The van der Waals surface area contributed by atoms with Gasteiger partial charge < -0.3 is 4.74 Å². The normalized spacial score (nSPS) is 31.0. The summed E-state index contributed by atoms with van der Waals surface area (Å²) in [6.45, 7) is 1.56. The third-order valence-corrected chi connectivity index (χ3v) is 3.08. The van der Waals surface area contributed by atoms with Crippen LogP contribution >= 0.6 is 15.9 Å². The molecule has 1 atom stereocenters. The third kappa shape index (κ3) is 2.66. The molecule has 0 aromatic heterocycles. The summed E-state index contributed by atoms with van der Waals surface area (Å²) < 4.78 is 30.7. The lowest BCUT2D eigenvalue weighted by Crippen LogP contribution is -2.36. The molecule has 0 saturated carbocycles. The summed E-state index contributed by atoms with van der Waals surface area (Å²) in [6.07, 6.45) is 1.45. The highest BCUT2D eigenvalue weighted by Gasteiger charge is 2.41. The van der Waals surface area contributed by atoms with E-state index in [1.165, 1.54) is 0 Å². The Balaban J connectivity index is 2.55. The van der Waals surface area contributed by atoms with E-state index < -0.39 is 11.5 Å². The number of halogens is 3. The minimum atomic E-state index is -2.63. The summed E-state index contributed by atoms with van der Waals surface area (Å²) in [7, 11) is 0. The summed E-state index contributed by atoms with van der Waals surface area (Å²) in [5.74, 6) is -2.63. The summed E-state index contributed by atoms with van der Waals surface area (Å²) >= 11 is 3.23. The lowest BCUT2D eigenvalue weighted by atomic mass is 9.95. The number of hydrogen-bond acceptors (Lipinski definition) is 1. The lowest BCUT2D eigenvalue weighted by Gasteiger charge is -2.28. The molecular formula is C8H13BrF2O. The van der Waals surface area contributed by atoms with Gasteiger partial charge in [0.05, 0.1) is 5.60 Å². The topological polar surface area (TPSA) is 9.23 Å². The van der Waals surface area contributed by atoms with E-state index in [1.807, 2.05) is 0 Å².